The minimum atomic E-state index is 0.288. The molecule has 0 aliphatic heterocycles. The number of ether oxygens (including phenoxy) is 6. The SMILES string of the molecule is CC(C)OCCOCCOC(C)C.CCCOCCOCCOCCC. The van der Waals surface area contributed by atoms with Crippen molar-refractivity contribution in [2.75, 3.05) is 66.1 Å². The summed E-state index contributed by atoms with van der Waals surface area (Å²) in [6.45, 7) is 19.3. The van der Waals surface area contributed by atoms with Crippen molar-refractivity contribution in [1.82, 2.24) is 0 Å². The van der Waals surface area contributed by atoms with Gasteiger partial charge in [-0.1, -0.05) is 13.8 Å². The summed E-state index contributed by atoms with van der Waals surface area (Å²) in [5.41, 5.74) is 0. The monoisotopic (exact) mass is 380 g/mol. The average Bonchev–Trinajstić information content (AvgIpc) is 2.59. The van der Waals surface area contributed by atoms with E-state index in [2.05, 4.69) is 13.8 Å². The summed E-state index contributed by atoms with van der Waals surface area (Å²) in [5.74, 6) is 0. The number of rotatable bonds is 18. The van der Waals surface area contributed by atoms with Gasteiger partial charge in [0.1, 0.15) is 0 Å². The van der Waals surface area contributed by atoms with E-state index in [-0.39, 0.29) is 12.2 Å². The van der Waals surface area contributed by atoms with E-state index in [0.29, 0.717) is 52.9 Å². The van der Waals surface area contributed by atoms with Gasteiger partial charge in [-0.25, -0.2) is 0 Å². The molecule has 0 rings (SSSR count). The molecule has 0 radical (unpaired) electrons. The van der Waals surface area contributed by atoms with Crippen LogP contribution in [0.15, 0.2) is 0 Å². The summed E-state index contributed by atoms with van der Waals surface area (Å²) >= 11 is 0. The normalized spacial score (nSPS) is 11.1. The van der Waals surface area contributed by atoms with Crippen molar-refractivity contribution in [3.05, 3.63) is 0 Å². The molecule has 160 valence electrons. The first kappa shape index (κ1) is 28.0. The van der Waals surface area contributed by atoms with Crippen LogP contribution in [0.1, 0.15) is 54.4 Å². The van der Waals surface area contributed by atoms with Gasteiger partial charge in [0.25, 0.3) is 0 Å². The molecule has 0 saturated carbocycles. The molecular weight excluding hydrogens is 336 g/mol. The zero-order chi connectivity index (χ0) is 19.9. The molecule has 26 heavy (non-hydrogen) atoms. The Balaban J connectivity index is 0. The topological polar surface area (TPSA) is 55.4 Å². The Morgan fingerprint density at radius 1 is 0.423 bits per heavy atom. The van der Waals surface area contributed by atoms with Crippen LogP contribution in [0.3, 0.4) is 0 Å². The zero-order valence-electron chi connectivity index (χ0n) is 18.1. The predicted molar refractivity (Wildman–Crippen MR) is 106 cm³/mol. The molecule has 0 aromatic heterocycles. The Morgan fingerprint density at radius 2 is 0.692 bits per heavy atom. The average molecular weight is 381 g/mol. The molecule has 0 spiro atoms. The van der Waals surface area contributed by atoms with Gasteiger partial charge in [0, 0.05) is 13.2 Å². The lowest BCUT2D eigenvalue weighted by molar-refractivity contribution is -0.0124. The van der Waals surface area contributed by atoms with Gasteiger partial charge in [-0.3, -0.25) is 0 Å². The van der Waals surface area contributed by atoms with Crippen LogP contribution in [-0.2, 0) is 28.4 Å². The highest BCUT2D eigenvalue weighted by Crippen LogP contribution is 1.89. The third-order valence-corrected chi connectivity index (χ3v) is 2.80. The van der Waals surface area contributed by atoms with Crippen molar-refractivity contribution in [2.45, 2.75) is 66.6 Å². The van der Waals surface area contributed by atoms with E-state index >= 15 is 0 Å². The van der Waals surface area contributed by atoms with Crippen molar-refractivity contribution in [3.8, 4) is 0 Å². The lowest BCUT2D eigenvalue weighted by atomic mass is 10.5. The van der Waals surface area contributed by atoms with Crippen molar-refractivity contribution >= 4 is 0 Å². The van der Waals surface area contributed by atoms with Crippen LogP contribution in [0.2, 0.25) is 0 Å². The second-order valence-electron chi connectivity index (χ2n) is 6.29. The van der Waals surface area contributed by atoms with Crippen molar-refractivity contribution in [3.63, 3.8) is 0 Å². The van der Waals surface area contributed by atoms with Gasteiger partial charge in [-0.15, -0.1) is 0 Å². The van der Waals surface area contributed by atoms with E-state index in [1.165, 1.54) is 0 Å². The van der Waals surface area contributed by atoms with E-state index in [1.807, 2.05) is 27.7 Å². The zero-order valence-corrected chi connectivity index (χ0v) is 18.1. The first-order chi connectivity index (χ1) is 12.5. The molecular formula is C20H44O6. The molecule has 0 aromatic rings. The maximum atomic E-state index is 5.30. The number of hydrogen-bond donors (Lipinski definition) is 0. The number of hydrogen-bond acceptors (Lipinski definition) is 6. The highest BCUT2D eigenvalue weighted by Gasteiger charge is 1.95. The summed E-state index contributed by atoms with van der Waals surface area (Å²) < 4.78 is 31.7. The largest absolute Gasteiger partial charge is 0.379 e. The fourth-order valence-corrected chi connectivity index (χ4v) is 1.62. The molecule has 0 heterocycles. The maximum Gasteiger partial charge on any atom is 0.0703 e. The summed E-state index contributed by atoms with van der Waals surface area (Å²) in [7, 11) is 0. The van der Waals surface area contributed by atoms with E-state index < -0.39 is 0 Å². The Kier molecular flexibility index (Phi) is 26.6. The molecule has 0 aliphatic carbocycles. The van der Waals surface area contributed by atoms with Crippen molar-refractivity contribution in [2.24, 2.45) is 0 Å². The molecule has 0 aromatic carbocycles. The summed E-state index contributed by atoms with van der Waals surface area (Å²) in [4.78, 5) is 0. The summed E-state index contributed by atoms with van der Waals surface area (Å²) in [6, 6.07) is 0. The summed E-state index contributed by atoms with van der Waals surface area (Å²) in [6.07, 6.45) is 2.71. The fourth-order valence-electron chi connectivity index (χ4n) is 1.62. The van der Waals surface area contributed by atoms with Gasteiger partial charge in [-0.2, -0.15) is 0 Å². The van der Waals surface area contributed by atoms with Gasteiger partial charge in [0.15, 0.2) is 0 Å². The van der Waals surface area contributed by atoms with Crippen LogP contribution in [0.5, 0.6) is 0 Å². The summed E-state index contributed by atoms with van der Waals surface area (Å²) in [5, 5.41) is 0. The molecule has 0 saturated heterocycles. The van der Waals surface area contributed by atoms with Crippen LogP contribution in [0, 0.1) is 0 Å². The highest BCUT2D eigenvalue weighted by molar-refractivity contribution is 4.39. The Morgan fingerprint density at radius 3 is 0.962 bits per heavy atom. The molecule has 6 heteroatoms. The van der Waals surface area contributed by atoms with Gasteiger partial charge < -0.3 is 28.4 Å². The minimum Gasteiger partial charge on any atom is -0.379 e. The standard InChI is InChI=1S/2C10H22O3/c1-9(2)12-7-5-11-6-8-13-10(3)4;1-3-5-11-7-9-13-10-8-12-6-4-2/h9-10H,5-8H2,1-4H3;3-10H2,1-2H3. The van der Waals surface area contributed by atoms with Crippen LogP contribution < -0.4 is 0 Å². The molecule has 6 nitrogen and oxygen atoms in total. The second-order valence-corrected chi connectivity index (χ2v) is 6.29. The van der Waals surface area contributed by atoms with Crippen molar-refractivity contribution < 1.29 is 28.4 Å². The van der Waals surface area contributed by atoms with Crippen LogP contribution in [0.4, 0.5) is 0 Å². The minimum absolute atomic E-state index is 0.288. The van der Waals surface area contributed by atoms with E-state index in [4.69, 9.17) is 28.4 Å². The van der Waals surface area contributed by atoms with Crippen LogP contribution in [0.25, 0.3) is 0 Å². The van der Waals surface area contributed by atoms with Crippen molar-refractivity contribution in [1.29, 1.82) is 0 Å². The maximum absolute atomic E-state index is 5.30. The Labute approximate surface area is 161 Å². The third kappa shape index (κ3) is 31.5. The lowest BCUT2D eigenvalue weighted by Gasteiger charge is -2.09. The molecule has 0 aliphatic rings. The van der Waals surface area contributed by atoms with Gasteiger partial charge >= 0.3 is 0 Å². The molecule has 0 fully saturated rings. The van der Waals surface area contributed by atoms with Crippen LogP contribution >= 0.6 is 0 Å². The van der Waals surface area contributed by atoms with E-state index in [1.54, 1.807) is 0 Å². The first-order valence-electron chi connectivity index (χ1n) is 10.1. The van der Waals surface area contributed by atoms with E-state index in [0.717, 1.165) is 26.1 Å². The predicted octanol–water partition coefficient (Wildman–Crippen LogP) is 3.71. The van der Waals surface area contributed by atoms with Gasteiger partial charge in [-0.05, 0) is 40.5 Å². The smallest absolute Gasteiger partial charge is 0.0703 e. The lowest BCUT2D eigenvalue weighted by Crippen LogP contribution is -2.13. The fraction of sp³-hybridized carbons (Fsp3) is 1.00. The molecule has 0 amide bonds. The molecule has 0 N–H and O–H groups in total. The Bertz CT molecular complexity index is 214. The highest BCUT2D eigenvalue weighted by atomic mass is 16.6. The molecule has 0 atom stereocenters. The third-order valence-electron chi connectivity index (χ3n) is 2.80. The molecule has 0 unspecified atom stereocenters. The van der Waals surface area contributed by atoms with E-state index in [9.17, 15) is 0 Å². The Hall–Kier alpha value is -0.240. The first-order valence-corrected chi connectivity index (χ1v) is 10.1. The molecule has 0 bridgehead atoms. The quantitative estimate of drug-likeness (QED) is 0.338. The van der Waals surface area contributed by atoms with Gasteiger partial charge in [0.05, 0.1) is 65.1 Å². The second kappa shape index (κ2) is 24.8. The van der Waals surface area contributed by atoms with Crippen LogP contribution in [-0.4, -0.2) is 78.3 Å². The van der Waals surface area contributed by atoms with Gasteiger partial charge in [0.2, 0.25) is 0 Å².